The van der Waals surface area contributed by atoms with Crippen molar-refractivity contribution in [2.24, 2.45) is 0 Å². The van der Waals surface area contributed by atoms with E-state index < -0.39 is 0 Å². The molecule has 0 amide bonds. The molecule has 0 radical (unpaired) electrons. The number of Topliss-reactive ketones (excluding diaryl/α,β-unsaturated/α-hetero) is 1. The van der Waals surface area contributed by atoms with Crippen LogP contribution in [0.25, 0.3) is 5.57 Å². The highest BCUT2D eigenvalue weighted by Crippen LogP contribution is 2.49. The molecule has 120 valence electrons. The smallest absolute Gasteiger partial charge is 0.198 e. The first-order valence-corrected chi connectivity index (χ1v) is 7.74. The Hall–Kier alpha value is -2.18. The minimum absolute atomic E-state index is 0.00409. The molecule has 1 aromatic rings. The van der Waals surface area contributed by atoms with Gasteiger partial charge in [0.25, 0.3) is 0 Å². The van der Waals surface area contributed by atoms with Crippen molar-refractivity contribution in [2.75, 3.05) is 0 Å². The van der Waals surface area contributed by atoms with E-state index >= 15 is 0 Å². The summed E-state index contributed by atoms with van der Waals surface area (Å²) in [5.74, 6) is -0.285. The number of aliphatic hydroxyl groups excluding tert-OH is 1. The Labute approximate surface area is 138 Å². The van der Waals surface area contributed by atoms with Crippen LogP contribution in [0.2, 0.25) is 0 Å². The van der Waals surface area contributed by atoms with E-state index in [1.807, 2.05) is 19.9 Å². The number of carbonyl (C=O) groups is 1. The van der Waals surface area contributed by atoms with Gasteiger partial charge < -0.3 is 5.11 Å². The third-order valence-corrected chi connectivity index (χ3v) is 4.74. The van der Waals surface area contributed by atoms with E-state index in [1.165, 1.54) is 0 Å². The first-order chi connectivity index (χ1) is 10.7. The Morgan fingerprint density at radius 2 is 2.04 bits per heavy atom. The summed E-state index contributed by atoms with van der Waals surface area (Å²) in [6, 6.07) is 4.09. The molecule has 1 aliphatic rings. The molecule has 1 aliphatic carbocycles. The predicted octanol–water partition coefficient (Wildman–Crippen LogP) is 3.90. The molecule has 0 saturated carbocycles. The molecular formula is C20H23NO2. The average Bonchev–Trinajstić information content (AvgIpc) is 2.71. The van der Waals surface area contributed by atoms with Crippen molar-refractivity contribution in [3.05, 3.63) is 51.6 Å². The summed E-state index contributed by atoms with van der Waals surface area (Å²) in [5, 5.41) is 19.2. The third-order valence-electron chi connectivity index (χ3n) is 4.74. The monoisotopic (exact) mass is 309 g/mol. The van der Waals surface area contributed by atoms with Crippen LogP contribution < -0.4 is 0 Å². The predicted molar refractivity (Wildman–Crippen MR) is 91.8 cm³/mol. The molecule has 2 rings (SSSR count). The van der Waals surface area contributed by atoms with Crippen molar-refractivity contribution >= 4 is 11.4 Å². The normalized spacial score (nSPS) is 17.4. The van der Waals surface area contributed by atoms with Crippen LogP contribution in [0.3, 0.4) is 0 Å². The number of fused-ring (bicyclic) bond motifs is 1. The fraction of sp³-hybridized carbons (Fsp3) is 0.400. The second kappa shape index (κ2) is 5.79. The van der Waals surface area contributed by atoms with E-state index in [0.29, 0.717) is 12.0 Å². The molecule has 0 aliphatic heterocycles. The van der Waals surface area contributed by atoms with Gasteiger partial charge in [-0.25, -0.2) is 0 Å². The van der Waals surface area contributed by atoms with E-state index in [1.54, 1.807) is 6.92 Å². The number of allylic oxidation sites excluding steroid dienone is 3. The number of rotatable bonds is 3. The number of hydrogen-bond acceptors (Lipinski definition) is 3. The number of aliphatic hydroxyl groups is 1. The van der Waals surface area contributed by atoms with E-state index in [4.69, 9.17) is 0 Å². The highest BCUT2D eigenvalue weighted by Gasteiger charge is 2.38. The van der Waals surface area contributed by atoms with Crippen LogP contribution in [0.15, 0.2) is 23.8 Å². The van der Waals surface area contributed by atoms with Gasteiger partial charge in [0.05, 0.1) is 6.61 Å². The van der Waals surface area contributed by atoms with Crippen molar-refractivity contribution in [3.8, 4) is 6.07 Å². The molecule has 23 heavy (non-hydrogen) atoms. The van der Waals surface area contributed by atoms with Gasteiger partial charge in [0, 0.05) is 0 Å². The minimum atomic E-state index is -0.285. The van der Waals surface area contributed by atoms with E-state index in [2.05, 4.69) is 26.5 Å². The molecule has 1 aromatic carbocycles. The first kappa shape index (κ1) is 17.2. The van der Waals surface area contributed by atoms with Gasteiger partial charge in [-0.1, -0.05) is 26.5 Å². The maximum Gasteiger partial charge on any atom is 0.198 e. The number of ketones is 1. The summed E-state index contributed by atoms with van der Waals surface area (Å²) in [6.45, 7) is 13.5. The largest absolute Gasteiger partial charge is 0.392 e. The van der Waals surface area contributed by atoms with Gasteiger partial charge in [0.2, 0.25) is 0 Å². The van der Waals surface area contributed by atoms with Crippen LogP contribution in [0, 0.1) is 25.2 Å². The molecule has 0 heterocycles. The van der Waals surface area contributed by atoms with Crippen molar-refractivity contribution < 1.29 is 9.90 Å². The number of aryl methyl sites for hydroxylation is 1. The SMILES string of the molecule is C=C(C)C(=O)/C(C#N)=C1\CC(C)(C)c2c1cc(C)c(CO)c2C. The molecule has 0 saturated heterocycles. The van der Waals surface area contributed by atoms with Crippen LogP contribution in [0.5, 0.6) is 0 Å². The zero-order valence-electron chi connectivity index (χ0n) is 14.5. The van der Waals surface area contributed by atoms with Crippen LogP contribution in [0.4, 0.5) is 0 Å². The molecule has 3 heteroatoms. The van der Waals surface area contributed by atoms with Crippen molar-refractivity contribution in [1.82, 2.24) is 0 Å². The number of nitriles is 1. The quantitative estimate of drug-likeness (QED) is 0.680. The van der Waals surface area contributed by atoms with Gasteiger partial charge in [-0.15, -0.1) is 0 Å². The first-order valence-electron chi connectivity index (χ1n) is 7.74. The summed E-state index contributed by atoms with van der Waals surface area (Å²) in [5.41, 5.74) is 6.27. The van der Waals surface area contributed by atoms with Crippen molar-refractivity contribution in [2.45, 2.75) is 53.1 Å². The summed E-state index contributed by atoms with van der Waals surface area (Å²) < 4.78 is 0. The van der Waals surface area contributed by atoms with Gasteiger partial charge in [-0.2, -0.15) is 5.26 Å². The standard InChI is InChI=1S/C20H23NO2/c1-11(2)19(23)16(9-21)15-8-20(5,6)18-13(4)17(10-22)12(3)7-14(15)18/h7,22H,1,8,10H2,2-6H3/b16-15+. The van der Waals surface area contributed by atoms with Crippen molar-refractivity contribution in [3.63, 3.8) is 0 Å². The Balaban J connectivity index is 2.86. The fourth-order valence-corrected chi connectivity index (χ4v) is 3.70. The zero-order chi connectivity index (χ0) is 17.5. The highest BCUT2D eigenvalue weighted by molar-refractivity contribution is 6.15. The van der Waals surface area contributed by atoms with Gasteiger partial charge in [0.15, 0.2) is 5.78 Å². The van der Waals surface area contributed by atoms with Crippen LogP contribution >= 0.6 is 0 Å². The summed E-state index contributed by atoms with van der Waals surface area (Å²) in [4.78, 5) is 12.4. The van der Waals surface area contributed by atoms with Crippen LogP contribution in [0.1, 0.15) is 55.0 Å². The van der Waals surface area contributed by atoms with Gasteiger partial charge in [-0.3, -0.25) is 4.79 Å². The van der Waals surface area contributed by atoms with Gasteiger partial charge in [-0.05, 0) is 71.6 Å². The minimum Gasteiger partial charge on any atom is -0.392 e. The topological polar surface area (TPSA) is 61.1 Å². The lowest BCUT2D eigenvalue weighted by Crippen LogP contribution is -2.15. The maximum atomic E-state index is 12.4. The molecule has 0 aromatic heterocycles. The number of nitrogens with zero attached hydrogens (tertiary/aromatic N) is 1. The molecular weight excluding hydrogens is 286 g/mol. The Kier molecular flexibility index (Phi) is 4.32. The zero-order valence-corrected chi connectivity index (χ0v) is 14.5. The number of hydrogen-bond donors (Lipinski definition) is 1. The molecule has 1 N–H and O–H groups in total. The van der Waals surface area contributed by atoms with Gasteiger partial charge in [0.1, 0.15) is 11.6 Å². The van der Waals surface area contributed by atoms with Crippen LogP contribution in [-0.4, -0.2) is 10.9 Å². The van der Waals surface area contributed by atoms with E-state index in [-0.39, 0.29) is 23.4 Å². The van der Waals surface area contributed by atoms with Crippen LogP contribution in [-0.2, 0) is 16.8 Å². The molecule has 0 atom stereocenters. The average molecular weight is 309 g/mol. The lowest BCUT2D eigenvalue weighted by Gasteiger charge is -2.23. The Morgan fingerprint density at radius 3 is 2.52 bits per heavy atom. The maximum absolute atomic E-state index is 12.4. The molecule has 0 unspecified atom stereocenters. The lowest BCUT2D eigenvalue weighted by molar-refractivity contribution is -0.111. The second-order valence-electron chi connectivity index (χ2n) is 7.01. The lowest BCUT2D eigenvalue weighted by atomic mass is 9.81. The fourth-order valence-electron chi connectivity index (χ4n) is 3.70. The summed E-state index contributed by atoms with van der Waals surface area (Å²) in [7, 11) is 0. The molecule has 0 bridgehead atoms. The van der Waals surface area contributed by atoms with E-state index in [0.717, 1.165) is 33.4 Å². The molecule has 0 spiro atoms. The molecule has 0 fully saturated rings. The summed E-state index contributed by atoms with van der Waals surface area (Å²) >= 11 is 0. The third kappa shape index (κ3) is 2.64. The number of carbonyl (C=O) groups excluding carboxylic acids is 1. The Morgan fingerprint density at radius 1 is 1.43 bits per heavy atom. The molecule has 3 nitrogen and oxygen atoms in total. The highest BCUT2D eigenvalue weighted by atomic mass is 16.3. The number of benzene rings is 1. The summed E-state index contributed by atoms with van der Waals surface area (Å²) in [6.07, 6.45) is 0.638. The van der Waals surface area contributed by atoms with E-state index in [9.17, 15) is 15.2 Å². The Bertz CT molecular complexity index is 789. The van der Waals surface area contributed by atoms with Gasteiger partial charge >= 0.3 is 0 Å². The van der Waals surface area contributed by atoms with Crippen molar-refractivity contribution in [1.29, 1.82) is 5.26 Å². The second-order valence-corrected chi connectivity index (χ2v) is 7.01.